The molecular formula is C28H57IO2. The first kappa shape index (κ1) is 31.6. The van der Waals surface area contributed by atoms with Gasteiger partial charge in [-0.3, -0.25) is 0 Å². The zero-order valence-electron chi connectivity index (χ0n) is 22.3. The van der Waals surface area contributed by atoms with E-state index in [1.807, 2.05) is 0 Å². The van der Waals surface area contributed by atoms with Crippen LogP contribution in [0.2, 0.25) is 0 Å². The molecule has 0 aliphatic heterocycles. The third-order valence-electron chi connectivity index (χ3n) is 6.65. The van der Waals surface area contributed by atoms with Crippen molar-refractivity contribution in [3.05, 3.63) is 0 Å². The summed E-state index contributed by atoms with van der Waals surface area (Å²) in [5.41, 5.74) is 0. The quantitative estimate of drug-likeness (QED) is 0.0576. The summed E-state index contributed by atoms with van der Waals surface area (Å²) in [6.07, 6.45) is 14.5. The predicted molar refractivity (Wildman–Crippen MR) is 147 cm³/mol. The molecule has 0 aromatic rings. The first-order valence-electron chi connectivity index (χ1n) is 13.5. The van der Waals surface area contributed by atoms with Crippen molar-refractivity contribution in [2.45, 2.75) is 119 Å². The van der Waals surface area contributed by atoms with Gasteiger partial charge < -0.3 is 9.47 Å². The van der Waals surface area contributed by atoms with Crippen LogP contribution in [0.1, 0.15) is 119 Å². The lowest BCUT2D eigenvalue weighted by atomic mass is 9.81. The van der Waals surface area contributed by atoms with Crippen LogP contribution >= 0.6 is 22.6 Å². The molecule has 0 N–H and O–H groups in total. The summed E-state index contributed by atoms with van der Waals surface area (Å²) in [4.78, 5) is 0. The summed E-state index contributed by atoms with van der Waals surface area (Å²) in [5.74, 6) is 5.13. The van der Waals surface area contributed by atoms with Gasteiger partial charge in [-0.2, -0.15) is 0 Å². The number of halogens is 1. The second kappa shape index (κ2) is 21.2. The predicted octanol–water partition coefficient (Wildman–Crippen LogP) is 9.54. The Bertz CT molecular complexity index is 376. The molecule has 0 saturated carbocycles. The zero-order valence-corrected chi connectivity index (χ0v) is 24.4. The Morgan fingerprint density at radius 1 is 0.548 bits per heavy atom. The molecule has 0 heterocycles. The van der Waals surface area contributed by atoms with Gasteiger partial charge in [0.2, 0.25) is 0 Å². The van der Waals surface area contributed by atoms with Gasteiger partial charge in [0, 0.05) is 13.2 Å². The maximum atomic E-state index is 5.60. The molecule has 0 aliphatic carbocycles. The molecule has 6 unspecified atom stereocenters. The number of rotatable bonds is 22. The molecule has 6 atom stereocenters. The molecule has 0 aromatic heterocycles. The van der Waals surface area contributed by atoms with Crippen molar-refractivity contribution in [2.24, 2.45) is 35.5 Å². The fraction of sp³-hybridized carbons (Fsp3) is 1.00. The van der Waals surface area contributed by atoms with Crippen LogP contribution in [0.25, 0.3) is 0 Å². The fourth-order valence-corrected chi connectivity index (χ4v) is 5.88. The number of hydrogen-bond acceptors (Lipinski definition) is 2. The molecule has 0 fully saturated rings. The van der Waals surface area contributed by atoms with Gasteiger partial charge in [-0.1, -0.05) is 77.5 Å². The van der Waals surface area contributed by atoms with E-state index in [9.17, 15) is 0 Å². The average Bonchev–Trinajstić information content (AvgIpc) is 2.67. The first-order chi connectivity index (χ1) is 14.8. The third-order valence-corrected chi connectivity index (χ3v) is 7.41. The highest BCUT2D eigenvalue weighted by Crippen LogP contribution is 2.29. The standard InChI is InChI=1S/C28H57IO2/c1-8-9-15-30-22-31-16-11-13-24(3)18-26(5)20-28(7)21-27(6)19-25(4)17-23(2)12-10-14-29/h23-28H,8-22H2,1-7H3. The van der Waals surface area contributed by atoms with E-state index >= 15 is 0 Å². The molecule has 0 bridgehead atoms. The van der Waals surface area contributed by atoms with E-state index in [-0.39, 0.29) is 0 Å². The summed E-state index contributed by atoms with van der Waals surface area (Å²) in [6, 6.07) is 0. The van der Waals surface area contributed by atoms with Gasteiger partial charge in [0.15, 0.2) is 0 Å². The monoisotopic (exact) mass is 552 g/mol. The minimum atomic E-state index is 0.469. The lowest BCUT2D eigenvalue weighted by molar-refractivity contribution is -0.0558. The minimum Gasteiger partial charge on any atom is -0.355 e. The van der Waals surface area contributed by atoms with Gasteiger partial charge in [-0.05, 0) is 104 Å². The fourth-order valence-electron chi connectivity index (χ4n) is 5.44. The largest absolute Gasteiger partial charge is 0.355 e. The maximum absolute atomic E-state index is 5.60. The van der Waals surface area contributed by atoms with Gasteiger partial charge in [0.25, 0.3) is 0 Å². The minimum absolute atomic E-state index is 0.469. The summed E-state index contributed by atoms with van der Waals surface area (Å²) in [6.45, 7) is 19.1. The zero-order chi connectivity index (χ0) is 23.5. The Morgan fingerprint density at radius 3 is 1.35 bits per heavy atom. The van der Waals surface area contributed by atoms with E-state index in [4.69, 9.17) is 9.47 Å². The van der Waals surface area contributed by atoms with Crippen LogP contribution in [-0.2, 0) is 9.47 Å². The SMILES string of the molecule is CCCCOCOCCCC(C)CC(C)CC(C)CC(C)CC(C)CC(C)CCCI. The molecule has 0 rings (SSSR count). The van der Waals surface area contributed by atoms with E-state index in [0.717, 1.165) is 61.6 Å². The van der Waals surface area contributed by atoms with Crippen molar-refractivity contribution in [2.75, 3.05) is 24.4 Å². The van der Waals surface area contributed by atoms with E-state index in [0.29, 0.717) is 6.79 Å². The van der Waals surface area contributed by atoms with Crippen LogP contribution in [0.15, 0.2) is 0 Å². The smallest absolute Gasteiger partial charge is 0.146 e. The molecule has 0 aliphatic rings. The van der Waals surface area contributed by atoms with Gasteiger partial charge in [-0.15, -0.1) is 0 Å². The lowest BCUT2D eigenvalue weighted by Crippen LogP contribution is -2.13. The molecule has 2 nitrogen and oxygen atoms in total. The first-order valence-corrected chi connectivity index (χ1v) is 15.0. The maximum Gasteiger partial charge on any atom is 0.146 e. The highest BCUT2D eigenvalue weighted by molar-refractivity contribution is 14.1. The highest BCUT2D eigenvalue weighted by atomic mass is 127. The van der Waals surface area contributed by atoms with E-state index in [1.165, 1.54) is 62.2 Å². The second-order valence-corrected chi connectivity index (χ2v) is 12.1. The highest BCUT2D eigenvalue weighted by Gasteiger charge is 2.17. The topological polar surface area (TPSA) is 18.5 Å². The number of ether oxygens (including phenoxy) is 2. The molecule has 0 aromatic carbocycles. The molecule has 0 saturated heterocycles. The van der Waals surface area contributed by atoms with Crippen LogP contribution in [0.5, 0.6) is 0 Å². The summed E-state index contributed by atoms with van der Waals surface area (Å²) >= 11 is 2.51. The van der Waals surface area contributed by atoms with Crippen LogP contribution in [-0.4, -0.2) is 24.4 Å². The molecular weight excluding hydrogens is 495 g/mol. The Hall–Kier alpha value is 0.650. The van der Waals surface area contributed by atoms with Crippen molar-refractivity contribution in [3.8, 4) is 0 Å². The summed E-state index contributed by atoms with van der Waals surface area (Å²) < 4.78 is 12.4. The summed E-state index contributed by atoms with van der Waals surface area (Å²) in [5, 5.41) is 0. The molecule has 31 heavy (non-hydrogen) atoms. The van der Waals surface area contributed by atoms with Crippen LogP contribution < -0.4 is 0 Å². The molecule has 188 valence electrons. The van der Waals surface area contributed by atoms with E-state index in [1.54, 1.807) is 0 Å². The van der Waals surface area contributed by atoms with Crippen molar-refractivity contribution in [1.82, 2.24) is 0 Å². The van der Waals surface area contributed by atoms with Gasteiger partial charge in [0.1, 0.15) is 6.79 Å². The Morgan fingerprint density at radius 2 is 0.935 bits per heavy atom. The number of alkyl halides is 1. The van der Waals surface area contributed by atoms with Gasteiger partial charge >= 0.3 is 0 Å². The Labute approximate surface area is 210 Å². The van der Waals surface area contributed by atoms with E-state index in [2.05, 4.69) is 71.1 Å². The average molecular weight is 553 g/mol. The van der Waals surface area contributed by atoms with E-state index < -0.39 is 0 Å². The lowest BCUT2D eigenvalue weighted by Gasteiger charge is -2.25. The van der Waals surface area contributed by atoms with Crippen molar-refractivity contribution in [3.63, 3.8) is 0 Å². The van der Waals surface area contributed by atoms with Crippen molar-refractivity contribution < 1.29 is 9.47 Å². The number of unbranched alkanes of at least 4 members (excludes halogenated alkanes) is 1. The summed E-state index contributed by atoms with van der Waals surface area (Å²) in [7, 11) is 0. The molecule has 3 heteroatoms. The van der Waals surface area contributed by atoms with Crippen LogP contribution in [0, 0.1) is 35.5 Å². The van der Waals surface area contributed by atoms with Crippen LogP contribution in [0.4, 0.5) is 0 Å². The van der Waals surface area contributed by atoms with Gasteiger partial charge in [-0.25, -0.2) is 0 Å². The second-order valence-electron chi connectivity index (χ2n) is 11.1. The molecule has 0 spiro atoms. The third kappa shape index (κ3) is 21.0. The Balaban J connectivity index is 3.85. The van der Waals surface area contributed by atoms with Crippen molar-refractivity contribution >= 4 is 22.6 Å². The number of hydrogen-bond donors (Lipinski definition) is 0. The molecule has 0 radical (unpaired) electrons. The Kier molecular flexibility index (Phi) is 21.6. The molecule has 0 amide bonds. The van der Waals surface area contributed by atoms with Gasteiger partial charge in [0.05, 0.1) is 0 Å². The van der Waals surface area contributed by atoms with Crippen molar-refractivity contribution in [1.29, 1.82) is 0 Å². The normalized spacial score (nSPS) is 17.8. The van der Waals surface area contributed by atoms with Crippen LogP contribution in [0.3, 0.4) is 0 Å².